The number of aliphatic hydroxyl groups excluding tert-OH is 1. The average Bonchev–Trinajstić information content (AvgIpc) is 3.39. The average molecular weight is 441 g/mol. The van der Waals surface area contributed by atoms with Crippen molar-refractivity contribution in [1.82, 2.24) is 16.0 Å². The van der Waals surface area contributed by atoms with E-state index in [1.807, 2.05) is 0 Å². The lowest BCUT2D eigenvalue weighted by Gasteiger charge is -2.33. The lowest BCUT2D eigenvalue weighted by molar-refractivity contribution is 0.110. The lowest BCUT2D eigenvalue weighted by atomic mass is 9.83. The van der Waals surface area contributed by atoms with Gasteiger partial charge in [-0.15, -0.1) is 0 Å². The summed E-state index contributed by atoms with van der Waals surface area (Å²) in [4.78, 5) is 0. The Bertz CT molecular complexity index is 556. The third kappa shape index (κ3) is 6.39. The maximum absolute atomic E-state index is 14.1. The highest BCUT2D eigenvalue weighted by Crippen LogP contribution is 2.39. The van der Waals surface area contributed by atoms with Gasteiger partial charge in [0.2, 0.25) is 0 Å². The number of nitrogens with two attached hydrogens (primary N) is 1. The number of hydrogen-bond acceptors (Lipinski definition) is 6. The molecule has 2 aliphatic carbocycles. The fraction of sp³-hybridized carbons (Fsp3) is 1.00. The molecule has 0 radical (unpaired) electrons. The summed E-state index contributed by atoms with van der Waals surface area (Å²) in [6, 6.07) is 1.04. The quantitative estimate of drug-likeness (QED) is 0.250. The molecule has 10 unspecified atom stereocenters. The van der Waals surface area contributed by atoms with Crippen molar-refractivity contribution in [1.29, 1.82) is 0 Å². The van der Waals surface area contributed by atoms with Crippen LogP contribution in [0.3, 0.4) is 0 Å². The molecular formula is C24H45FN4O2. The first-order valence-electron chi connectivity index (χ1n) is 13.0. The molecule has 0 aromatic heterocycles. The summed E-state index contributed by atoms with van der Waals surface area (Å²) >= 11 is 0. The molecule has 0 aromatic rings. The molecule has 6 N–H and O–H groups in total. The lowest BCUT2D eigenvalue weighted by Crippen LogP contribution is -2.52. The van der Waals surface area contributed by atoms with Gasteiger partial charge in [-0.3, -0.25) is 5.32 Å². The molecule has 7 heteroatoms. The molecular weight excluding hydrogens is 395 g/mol. The maximum Gasteiger partial charge on any atom is 0.136 e. The summed E-state index contributed by atoms with van der Waals surface area (Å²) in [6.45, 7) is 3.02. The normalized spacial score (nSPS) is 42.2. The van der Waals surface area contributed by atoms with Gasteiger partial charge in [0.25, 0.3) is 0 Å². The Balaban J connectivity index is 1.03. The SMILES string of the molecule is CC(NC1CCCCC1N)C(O)CCCCCNC1OC1C1CC2CCCC(F)C2N1. The van der Waals surface area contributed by atoms with Crippen LogP contribution in [0.15, 0.2) is 0 Å². The van der Waals surface area contributed by atoms with E-state index in [4.69, 9.17) is 10.5 Å². The Morgan fingerprint density at radius 2 is 1.97 bits per heavy atom. The van der Waals surface area contributed by atoms with Gasteiger partial charge in [0, 0.05) is 30.2 Å². The van der Waals surface area contributed by atoms with E-state index < -0.39 is 6.17 Å². The minimum absolute atomic E-state index is 0.0563. The molecule has 4 fully saturated rings. The molecule has 2 aliphatic heterocycles. The minimum atomic E-state index is -0.679. The predicted octanol–water partition coefficient (Wildman–Crippen LogP) is 2.34. The van der Waals surface area contributed by atoms with Crippen LogP contribution in [0.2, 0.25) is 0 Å². The van der Waals surface area contributed by atoms with Crippen LogP contribution in [0, 0.1) is 5.92 Å². The molecule has 2 saturated heterocycles. The molecule has 2 saturated carbocycles. The summed E-state index contributed by atoms with van der Waals surface area (Å²) in [6.07, 6.45) is 12.0. The van der Waals surface area contributed by atoms with E-state index in [9.17, 15) is 9.50 Å². The highest BCUT2D eigenvalue weighted by atomic mass is 19.1. The van der Waals surface area contributed by atoms with Gasteiger partial charge in [-0.2, -0.15) is 0 Å². The highest BCUT2D eigenvalue weighted by Gasteiger charge is 2.51. The first-order valence-corrected chi connectivity index (χ1v) is 13.0. The largest absolute Gasteiger partial charge is 0.392 e. The second kappa shape index (κ2) is 11.2. The van der Waals surface area contributed by atoms with Crippen LogP contribution in [-0.2, 0) is 4.74 Å². The van der Waals surface area contributed by atoms with E-state index in [-0.39, 0.29) is 36.6 Å². The van der Waals surface area contributed by atoms with Gasteiger partial charge < -0.3 is 26.2 Å². The molecule has 10 atom stereocenters. The Labute approximate surface area is 187 Å². The van der Waals surface area contributed by atoms with Crippen molar-refractivity contribution in [3.05, 3.63) is 0 Å². The molecule has 4 rings (SSSR count). The standard InChI is InChI=1S/C24H45FN4O2/c1-15(28-19-11-5-4-10-18(19)26)21(30)12-3-2-6-13-27-24-23(31-24)20-14-16-8-7-9-17(25)22(16)29-20/h15-24,27-30H,2-14,26H2,1H3. The first-order chi connectivity index (χ1) is 15.0. The maximum atomic E-state index is 14.1. The predicted molar refractivity (Wildman–Crippen MR) is 122 cm³/mol. The number of rotatable bonds is 11. The molecule has 2 heterocycles. The molecule has 0 aromatic carbocycles. The summed E-state index contributed by atoms with van der Waals surface area (Å²) in [5.74, 6) is 0.496. The van der Waals surface area contributed by atoms with Crippen LogP contribution in [0.4, 0.5) is 4.39 Å². The zero-order valence-electron chi connectivity index (χ0n) is 19.3. The second-order valence-electron chi connectivity index (χ2n) is 10.6. The Hall–Kier alpha value is -0.310. The van der Waals surface area contributed by atoms with Crippen molar-refractivity contribution in [2.24, 2.45) is 11.7 Å². The van der Waals surface area contributed by atoms with Crippen LogP contribution in [-0.4, -0.2) is 66.5 Å². The van der Waals surface area contributed by atoms with Crippen LogP contribution in [0.1, 0.15) is 84.0 Å². The van der Waals surface area contributed by atoms with Gasteiger partial charge in [-0.05, 0) is 64.3 Å². The van der Waals surface area contributed by atoms with Crippen LogP contribution in [0.25, 0.3) is 0 Å². The summed E-state index contributed by atoms with van der Waals surface area (Å²) < 4.78 is 20.0. The Kier molecular flexibility index (Phi) is 8.62. The van der Waals surface area contributed by atoms with Gasteiger partial charge in [0.05, 0.1) is 6.10 Å². The smallest absolute Gasteiger partial charge is 0.136 e. The zero-order valence-corrected chi connectivity index (χ0v) is 19.3. The van der Waals surface area contributed by atoms with E-state index >= 15 is 0 Å². The molecule has 0 amide bonds. The fourth-order valence-electron chi connectivity index (χ4n) is 6.16. The number of alkyl halides is 1. The molecule has 180 valence electrons. The Morgan fingerprint density at radius 1 is 1.13 bits per heavy atom. The minimum Gasteiger partial charge on any atom is -0.392 e. The number of aliphatic hydroxyl groups is 1. The number of epoxide rings is 1. The van der Waals surface area contributed by atoms with Gasteiger partial charge >= 0.3 is 0 Å². The van der Waals surface area contributed by atoms with Crippen molar-refractivity contribution < 1.29 is 14.2 Å². The van der Waals surface area contributed by atoms with Crippen LogP contribution < -0.4 is 21.7 Å². The van der Waals surface area contributed by atoms with Gasteiger partial charge in [-0.25, -0.2) is 4.39 Å². The summed E-state index contributed by atoms with van der Waals surface area (Å²) in [5, 5.41) is 21.1. The van der Waals surface area contributed by atoms with Crippen LogP contribution in [0.5, 0.6) is 0 Å². The topological polar surface area (TPSA) is 94.9 Å². The zero-order chi connectivity index (χ0) is 21.8. The van der Waals surface area contributed by atoms with E-state index in [0.717, 1.165) is 64.3 Å². The van der Waals surface area contributed by atoms with Crippen LogP contribution >= 0.6 is 0 Å². The van der Waals surface area contributed by atoms with Gasteiger partial charge in [-0.1, -0.05) is 32.1 Å². The summed E-state index contributed by atoms with van der Waals surface area (Å²) in [7, 11) is 0. The van der Waals surface area contributed by atoms with Crippen molar-refractivity contribution in [2.45, 2.75) is 139 Å². The summed E-state index contributed by atoms with van der Waals surface area (Å²) in [5.41, 5.74) is 6.22. The number of nitrogens with one attached hydrogen (secondary N) is 3. The molecule has 6 nitrogen and oxygen atoms in total. The van der Waals surface area contributed by atoms with Crippen molar-refractivity contribution >= 4 is 0 Å². The molecule has 0 spiro atoms. The monoisotopic (exact) mass is 440 g/mol. The van der Waals surface area contributed by atoms with E-state index in [1.54, 1.807) is 0 Å². The highest BCUT2D eigenvalue weighted by molar-refractivity contribution is 5.04. The van der Waals surface area contributed by atoms with E-state index in [0.29, 0.717) is 24.4 Å². The molecule has 4 aliphatic rings. The van der Waals surface area contributed by atoms with Crippen molar-refractivity contribution in [3.63, 3.8) is 0 Å². The molecule has 0 bridgehead atoms. The van der Waals surface area contributed by atoms with Gasteiger partial charge in [0.1, 0.15) is 18.5 Å². The third-order valence-electron chi connectivity index (χ3n) is 8.23. The second-order valence-corrected chi connectivity index (χ2v) is 10.6. The number of unbranched alkanes of at least 4 members (excludes halogenated alkanes) is 2. The first kappa shape index (κ1) is 23.8. The van der Waals surface area contributed by atoms with Gasteiger partial charge in [0.15, 0.2) is 0 Å². The third-order valence-corrected chi connectivity index (χ3v) is 8.23. The fourth-order valence-corrected chi connectivity index (χ4v) is 6.16. The number of halogens is 1. The van der Waals surface area contributed by atoms with Crippen molar-refractivity contribution in [2.75, 3.05) is 6.54 Å². The Morgan fingerprint density at radius 3 is 2.77 bits per heavy atom. The number of hydrogen-bond donors (Lipinski definition) is 5. The number of fused-ring (bicyclic) bond motifs is 1. The van der Waals surface area contributed by atoms with E-state index in [2.05, 4.69) is 22.9 Å². The van der Waals surface area contributed by atoms with E-state index in [1.165, 1.54) is 12.8 Å². The molecule has 31 heavy (non-hydrogen) atoms. The number of ether oxygens (including phenoxy) is 1. The van der Waals surface area contributed by atoms with Crippen molar-refractivity contribution in [3.8, 4) is 0 Å².